The van der Waals surface area contributed by atoms with Crippen LogP contribution in [0.1, 0.15) is 0 Å². The van der Waals surface area contributed by atoms with E-state index in [1.54, 1.807) is 0 Å². The molecule has 0 saturated heterocycles. The minimum atomic E-state index is 0.920. The number of aromatic nitrogens is 4. The van der Waals surface area contributed by atoms with Gasteiger partial charge in [-0.15, -0.1) is 11.3 Å². The molecule has 4 nitrogen and oxygen atoms in total. The fourth-order valence-electron chi connectivity index (χ4n) is 6.22. The van der Waals surface area contributed by atoms with Gasteiger partial charge in [-0.25, -0.2) is 0 Å². The van der Waals surface area contributed by atoms with Gasteiger partial charge in [0.15, 0.2) is 0 Å². The number of hydrogen-bond donors (Lipinski definition) is 0. The highest BCUT2D eigenvalue weighted by Gasteiger charge is 2.23. The first-order valence-electron chi connectivity index (χ1n) is 13.0. The molecule has 5 heterocycles. The summed E-state index contributed by atoms with van der Waals surface area (Å²) in [5.41, 5.74) is 8.53. The van der Waals surface area contributed by atoms with E-state index < -0.39 is 0 Å². The van der Waals surface area contributed by atoms with Crippen LogP contribution in [0.4, 0.5) is 0 Å². The highest BCUT2D eigenvalue weighted by atomic mass is 32.1. The van der Waals surface area contributed by atoms with E-state index in [9.17, 15) is 0 Å². The largest absolute Gasteiger partial charge is 0.308 e. The number of fused-ring (bicyclic) bond motifs is 10. The molecular formula is C34H20N4S. The maximum atomic E-state index is 5.09. The number of para-hydroxylation sites is 2. The Labute approximate surface area is 227 Å². The fourth-order valence-corrected chi connectivity index (χ4v) is 7.43. The molecule has 0 atom stereocenters. The van der Waals surface area contributed by atoms with Crippen molar-refractivity contribution in [3.63, 3.8) is 0 Å². The topological polar surface area (TPSA) is 35.6 Å². The average Bonchev–Trinajstić information content (AvgIpc) is 3.65. The first kappa shape index (κ1) is 21.0. The van der Waals surface area contributed by atoms with Gasteiger partial charge in [0.1, 0.15) is 11.0 Å². The van der Waals surface area contributed by atoms with Gasteiger partial charge in [0, 0.05) is 38.1 Å². The molecule has 9 aromatic rings. The average molecular weight is 517 g/mol. The molecule has 4 aromatic carbocycles. The van der Waals surface area contributed by atoms with Crippen LogP contribution in [0.15, 0.2) is 122 Å². The number of rotatable bonds is 2. The Bertz CT molecular complexity index is 2390. The Morgan fingerprint density at radius 1 is 0.538 bits per heavy atom. The molecule has 0 fully saturated rings. The Balaban J connectivity index is 1.54. The quantitative estimate of drug-likeness (QED) is 0.230. The number of nitrogens with zero attached hydrogens (tertiary/aromatic N) is 4. The van der Waals surface area contributed by atoms with Gasteiger partial charge in [-0.05, 0) is 42.5 Å². The molecule has 0 unspecified atom stereocenters. The summed E-state index contributed by atoms with van der Waals surface area (Å²) in [4.78, 5) is 9.93. The third-order valence-electron chi connectivity index (χ3n) is 7.80. The van der Waals surface area contributed by atoms with Crippen LogP contribution < -0.4 is 0 Å². The number of thiophene rings is 1. The lowest BCUT2D eigenvalue weighted by atomic mass is 10.1. The van der Waals surface area contributed by atoms with E-state index in [0.29, 0.717) is 0 Å². The first-order valence-corrected chi connectivity index (χ1v) is 13.8. The first-order chi connectivity index (χ1) is 19.4. The van der Waals surface area contributed by atoms with Crippen molar-refractivity contribution in [3.05, 3.63) is 122 Å². The summed E-state index contributed by atoms with van der Waals surface area (Å²) in [6, 6.07) is 38.7. The van der Waals surface area contributed by atoms with Gasteiger partial charge < -0.3 is 9.13 Å². The van der Waals surface area contributed by atoms with Crippen molar-refractivity contribution in [2.24, 2.45) is 0 Å². The Kier molecular flexibility index (Phi) is 4.18. The fraction of sp³-hybridized carbons (Fsp3) is 0. The molecular weight excluding hydrogens is 496 g/mol. The zero-order valence-electron chi connectivity index (χ0n) is 20.7. The van der Waals surface area contributed by atoms with Crippen LogP contribution in [-0.2, 0) is 0 Å². The van der Waals surface area contributed by atoms with E-state index >= 15 is 0 Å². The standard InChI is InChI=1S/C34H20N4S/c1-2-10-21(11-3-1)37-25-15-6-4-13-24(25)30-28(37)20-36-32-31-26(17-9-19-35-31)38(33(30)32)27-16-8-14-23-22-12-5-7-18-29(22)39-34(23)27/h1-20H. The molecule has 0 aliphatic heterocycles. The molecule has 0 radical (unpaired) electrons. The van der Waals surface area contributed by atoms with Crippen LogP contribution in [0.2, 0.25) is 0 Å². The van der Waals surface area contributed by atoms with Gasteiger partial charge >= 0.3 is 0 Å². The summed E-state index contributed by atoms with van der Waals surface area (Å²) in [6.07, 6.45) is 3.88. The summed E-state index contributed by atoms with van der Waals surface area (Å²) in [6.45, 7) is 0. The SMILES string of the molecule is c1ccc(-n2c3ccccc3c3c2cnc2c4ncccc4n(-c4cccc5c4sc4ccccc45)c23)cc1. The highest BCUT2D eigenvalue weighted by Crippen LogP contribution is 2.43. The molecule has 39 heavy (non-hydrogen) atoms. The predicted molar refractivity (Wildman–Crippen MR) is 164 cm³/mol. The minimum Gasteiger partial charge on any atom is -0.308 e. The molecule has 182 valence electrons. The van der Waals surface area contributed by atoms with Crippen LogP contribution in [0.25, 0.3) is 75.4 Å². The summed E-state index contributed by atoms with van der Waals surface area (Å²) in [7, 11) is 0. The van der Waals surface area contributed by atoms with Crippen molar-refractivity contribution in [2.75, 3.05) is 0 Å². The summed E-state index contributed by atoms with van der Waals surface area (Å²) in [5.74, 6) is 0. The molecule has 9 rings (SSSR count). The minimum absolute atomic E-state index is 0.920. The van der Waals surface area contributed by atoms with Crippen LogP contribution in [0, 0.1) is 0 Å². The molecule has 0 bridgehead atoms. The van der Waals surface area contributed by atoms with E-state index in [1.807, 2.05) is 29.8 Å². The van der Waals surface area contributed by atoms with Gasteiger partial charge in [-0.2, -0.15) is 0 Å². The maximum absolute atomic E-state index is 5.09. The second-order valence-electron chi connectivity index (χ2n) is 9.86. The maximum Gasteiger partial charge on any atom is 0.116 e. The van der Waals surface area contributed by atoms with Crippen molar-refractivity contribution in [1.29, 1.82) is 0 Å². The molecule has 0 saturated carbocycles. The number of pyridine rings is 2. The second kappa shape index (κ2) is 7.76. The van der Waals surface area contributed by atoms with Gasteiger partial charge in [-0.3, -0.25) is 9.97 Å². The second-order valence-corrected chi connectivity index (χ2v) is 10.9. The third kappa shape index (κ3) is 2.77. The molecule has 0 N–H and O–H groups in total. The zero-order valence-corrected chi connectivity index (χ0v) is 21.6. The van der Waals surface area contributed by atoms with E-state index in [2.05, 4.69) is 112 Å². The molecule has 5 aromatic heterocycles. The van der Waals surface area contributed by atoms with Gasteiger partial charge in [-0.1, -0.05) is 66.7 Å². The third-order valence-corrected chi connectivity index (χ3v) is 9.01. The smallest absolute Gasteiger partial charge is 0.116 e. The molecule has 0 spiro atoms. The summed E-state index contributed by atoms with van der Waals surface area (Å²) < 4.78 is 7.28. The van der Waals surface area contributed by atoms with Gasteiger partial charge in [0.25, 0.3) is 0 Å². The Morgan fingerprint density at radius 3 is 2.23 bits per heavy atom. The Hall–Kier alpha value is -5.00. The van der Waals surface area contributed by atoms with Crippen LogP contribution in [0.3, 0.4) is 0 Å². The predicted octanol–water partition coefficient (Wildman–Crippen LogP) is 9.04. The molecule has 0 aliphatic carbocycles. The molecule has 5 heteroatoms. The van der Waals surface area contributed by atoms with Crippen LogP contribution >= 0.6 is 11.3 Å². The summed E-state index contributed by atoms with van der Waals surface area (Å²) >= 11 is 1.85. The van der Waals surface area contributed by atoms with Gasteiger partial charge in [0.2, 0.25) is 0 Å². The van der Waals surface area contributed by atoms with Crippen molar-refractivity contribution in [1.82, 2.24) is 19.1 Å². The van der Waals surface area contributed by atoms with Crippen molar-refractivity contribution >= 4 is 75.4 Å². The summed E-state index contributed by atoms with van der Waals surface area (Å²) in [5, 5.41) is 4.97. The van der Waals surface area contributed by atoms with E-state index in [1.165, 1.54) is 30.9 Å². The monoisotopic (exact) mass is 516 g/mol. The highest BCUT2D eigenvalue weighted by molar-refractivity contribution is 7.26. The Morgan fingerprint density at radius 2 is 1.31 bits per heavy atom. The van der Waals surface area contributed by atoms with Crippen molar-refractivity contribution in [2.45, 2.75) is 0 Å². The molecule has 0 amide bonds. The van der Waals surface area contributed by atoms with Crippen LogP contribution in [0.5, 0.6) is 0 Å². The lowest BCUT2D eigenvalue weighted by Crippen LogP contribution is -1.96. The van der Waals surface area contributed by atoms with Crippen molar-refractivity contribution < 1.29 is 0 Å². The van der Waals surface area contributed by atoms with E-state index in [4.69, 9.17) is 9.97 Å². The van der Waals surface area contributed by atoms with E-state index in [0.717, 1.165) is 44.5 Å². The zero-order chi connectivity index (χ0) is 25.5. The number of benzene rings is 4. The van der Waals surface area contributed by atoms with Crippen molar-refractivity contribution in [3.8, 4) is 11.4 Å². The lowest BCUT2D eigenvalue weighted by Gasteiger charge is -2.10. The van der Waals surface area contributed by atoms with Crippen LogP contribution in [-0.4, -0.2) is 19.1 Å². The molecule has 0 aliphatic rings. The normalized spacial score (nSPS) is 12.1. The lowest BCUT2D eigenvalue weighted by molar-refractivity contribution is 1.17. The van der Waals surface area contributed by atoms with Gasteiger partial charge in [0.05, 0.1) is 38.7 Å². The van der Waals surface area contributed by atoms with E-state index in [-0.39, 0.29) is 0 Å². The number of hydrogen-bond acceptors (Lipinski definition) is 3.